The zero-order chi connectivity index (χ0) is 21.2. The Morgan fingerprint density at radius 2 is 2.00 bits per heavy atom. The highest BCUT2D eigenvalue weighted by Gasteiger charge is 2.58. The molecule has 0 spiro atoms. The van der Waals surface area contributed by atoms with Crippen LogP contribution in [0.1, 0.15) is 45.2 Å². The van der Waals surface area contributed by atoms with Crippen molar-refractivity contribution in [3.63, 3.8) is 0 Å². The number of guanidine groups is 1. The molecule has 158 valence electrons. The van der Waals surface area contributed by atoms with E-state index in [0.29, 0.717) is 23.6 Å². The summed E-state index contributed by atoms with van der Waals surface area (Å²) in [6.45, 7) is 9.24. The third-order valence-electron chi connectivity index (χ3n) is 5.93. The number of nitrogens with one attached hydrogen (secondary N) is 2. The Bertz CT molecular complexity index is 839. The van der Waals surface area contributed by atoms with E-state index in [0.717, 1.165) is 6.42 Å². The number of ether oxygens (including phenoxy) is 1. The fraction of sp³-hybridized carbons (Fsp3) is 0.650. The molecule has 0 radical (unpaired) electrons. The van der Waals surface area contributed by atoms with E-state index in [9.17, 15) is 12.8 Å². The van der Waals surface area contributed by atoms with E-state index in [-0.39, 0.29) is 29.4 Å². The molecular formula is C20H32FN3O3S. The molecule has 0 amide bonds. The van der Waals surface area contributed by atoms with Crippen LogP contribution in [0, 0.1) is 11.2 Å². The topological polar surface area (TPSA) is 79.8 Å². The van der Waals surface area contributed by atoms with Crippen LogP contribution in [0.3, 0.4) is 0 Å². The molecule has 0 heterocycles. The van der Waals surface area contributed by atoms with Gasteiger partial charge in [-0.1, -0.05) is 19.9 Å². The highest BCUT2D eigenvalue weighted by Crippen LogP contribution is 2.51. The van der Waals surface area contributed by atoms with Gasteiger partial charge < -0.3 is 15.4 Å². The standard InChI is InChI=1S/C20H32FN3O3S/c1-7-22-18(24-17-11-20(4,27-5)19(17,2)3)23-12-15-10-16(21)9-8-14(15)13-28(6,25)26/h8-10,17H,7,11-13H2,1-6H3,(H2,22,23,24). The molecule has 1 aliphatic rings. The van der Waals surface area contributed by atoms with Gasteiger partial charge in [0.2, 0.25) is 0 Å². The molecule has 0 bridgehead atoms. The van der Waals surface area contributed by atoms with E-state index in [2.05, 4.69) is 36.4 Å². The van der Waals surface area contributed by atoms with Crippen molar-refractivity contribution in [2.24, 2.45) is 10.4 Å². The van der Waals surface area contributed by atoms with E-state index in [4.69, 9.17) is 4.74 Å². The van der Waals surface area contributed by atoms with Crippen molar-refractivity contribution in [1.82, 2.24) is 10.6 Å². The Balaban J connectivity index is 2.19. The Morgan fingerprint density at radius 1 is 1.32 bits per heavy atom. The number of hydrogen-bond donors (Lipinski definition) is 2. The van der Waals surface area contributed by atoms with Gasteiger partial charge in [0, 0.05) is 31.4 Å². The third-order valence-corrected chi connectivity index (χ3v) is 6.76. The molecular weight excluding hydrogens is 381 g/mol. The summed E-state index contributed by atoms with van der Waals surface area (Å²) >= 11 is 0. The van der Waals surface area contributed by atoms with E-state index in [1.54, 1.807) is 7.11 Å². The second-order valence-corrected chi connectivity index (χ2v) is 10.4. The van der Waals surface area contributed by atoms with E-state index in [1.165, 1.54) is 24.5 Å². The Labute approximate surface area is 167 Å². The molecule has 2 atom stereocenters. The van der Waals surface area contributed by atoms with Gasteiger partial charge >= 0.3 is 0 Å². The van der Waals surface area contributed by atoms with Gasteiger partial charge in [0.25, 0.3) is 0 Å². The summed E-state index contributed by atoms with van der Waals surface area (Å²) < 4.78 is 42.7. The van der Waals surface area contributed by atoms with Crippen molar-refractivity contribution in [2.45, 2.75) is 58.1 Å². The van der Waals surface area contributed by atoms with Crippen LogP contribution < -0.4 is 10.6 Å². The van der Waals surface area contributed by atoms with Gasteiger partial charge in [0.15, 0.2) is 15.8 Å². The number of nitrogens with zero attached hydrogens (tertiary/aromatic N) is 1. The van der Waals surface area contributed by atoms with Crippen molar-refractivity contribution in [1.29, 1.82) is 0 Å². The largest absolute Gasteiger partial charge is 0.378 e. The maximum Gasteiger partial charge on any atom is 0.191 e. The molecule has 28 heavy (non-hydrogen) atoms. The molecule has 1 fully saturated rings. The second-order valence-electron chi connectivity index (χ2n) is 8.24. The summed E-state index contributed by atoms with van der Waals surface area (Å²) in [6.07, 6.45) is 2.01. The lowest BCUT2D eigenvalue weighted by molar-refractivity contribution is -0.176. The molecule has 0 saturated heterocycles. The monoisotopic (exact) mass is 413 g/mol. The highest BCUT2D eigenvalue weighted by atomic mass is 32.2. The normalized spacial score (nSPS) is 24.5. The fourth-order valence-electron chi connectivity index (χ4n) is 3.54. The number of methoxy groups -OCH3 is 1. The summed E-state index contributed by atoms with van der Waals surface area (Å²) in [6, 6.07) is 4.32. The molecule has 1 saturated carbocycles. The maximum absolute atomic E-state index is 13.7. The number of benzene rings is 1. The van der Waals surface area contributed by atoms with E-state index in [1.807, 2.05) is 6.92 Å². The third kappa shape index (κ3) is 5.03. The lowest BCUT2D eigenvalue weighted by Crippen LogP contribution is -2.69. The number of sulfone groups is 1. The zero-order valence-corrected chi connectivity index (χ0v) is 18.4. The fourth-order valence-corrected chi connectivity index (χ4v) is 4.38. The minimum atomic E-state index is -3.22. The Hall–Kier alpha value is -1.67. The predicted octanol–water partition coefficient (Wildman–Crippen LogP) is 2.63. The van der Waals surface area contributed by atoms with Crippen LogP contribution in [-0.4, -0.2) is 45.9 Å². The summed E-state index contributed by atoms with van der Waals surface area (Å²) in [5, 5.41) is 6.64. The summed E-state index contributed by atoms with van der Waals surface area (Å²) in [5.74, 6) is 0.0777. The van der Waals surface area contributed by atoms with E-state index >= 15 is 0 Å². The molecule has 2 N–H and O–H groups in total. The smallest absolute Gasteiger partial charge is 0.191 e. The van der Waals surface area contributed by atoms with Gasteiger partial charge in [0.05, 0.1) is 17.9 Å². The van der Waals surface area contributed by atoms with Crippen molar-refractivity contribution < 1.29 is 17.5 Å². The van der Waals surface area contributed by atoms with Gasteiger partial charge in [-0.15, -0.1) is 0 Å². The quantitative estimate of drug-likeness (QED) is 0.531. The summed E-state index contributed by atoms with van der Waals surface area (Å²) in [7, 11) is -1.50. The Kier molecular flexibility index (Phi) is 6.76. The first-order valence-corrected chi connectivity index (χ1v) is 11.5. The van der Waals surface area contributed by atoms with Crippen molar-refractivity contribution >= 4 is 15.8 Å². The van der Waals surface area contributed by atoms with Crippen molar-refractivity contribution in [3.8, 4) is 0 Å². The lowest BCUT2D eigenvalue weighted by atomic mass is 9.56. The second kappa shape index (κ2) is 8.37. The SMILES string of the molecule is CCNC(=NCc1cc(F)ccc1CS(C)(=O)=O)NC1CC(C)(OC)C1(C)C. The van der Waals surface area contributed by atoms with Crippen LogP contribution in [-0.2, 0) is 26.9 Å². The predicted molar refractivity (Wildman–Crippen MR) is 110 cm³/mol. The van der Waals surface area contributed by atoms with Crippen molar-refractivity contribution in [2.75, 3.05) is 19.9 Å². The van der Waals surface area contributed by atoms with Crippen LogP contribution >= 0.6 is 0 Å². The molecule has 6 nitrogen and oxygen atoms in total. The highest BCUT2D eigenvalue weighted by molar-refractivity contribution is 7.89. The molecule has 1 aromatic carbocycles. The van der Waals surface area contributed by atoms with Gasteiger partial charge in [-0.05, 0) is 43.5 Å². The Morgan fingerprint density at radius 3 is 2.54 bits per heavy atom. The summed E-state index contributed by atoms with van der Waals surface area (Å²) in [5.41, 5.74) is 0.850. The minimum absolute atomic E-state index is 0.0851. The van der Waals surface area contributed by atoms with Crippen LogP contribution in [0.15, 0.2) is 23.2 Å². The minimum Gasteiger partial charge on any atom is -0.378 e. The van der Waals surface area contributed by atoms with Crippen LogP contribution in [0.25, 0.3) is 0 Å². The molecule has 1 aromatic rings. The first-order chi connectivity index (χ1) is 12.9. The maximum atomic E-state index is 13.7. The van der Waals surface area contributed by atoms with Crippen LogP contribution in [0.5, 0.6) is 0 Å². The molecule has 2 rings (SSSR count). The van der Waals surface area contributed by atoms with Gasteiger partial charge in [-0.3, -0.25) is 0 Å². The molecule has 0 aromatic heterocycles. The zero-order valence-electron chi connectivity index (χ0n) is 17.6. The van der Waals surface area contributed by atoms with Gasteiger partial charge in [0.1, 0.15) is 5.82 Å². The first-order valence-electron chi connectivity index (χ1n) is 9.47. The average Bonchev–Trinajstić information content (AvgIpc) is 2.59. The number of rotatable bonds is 7. The lowest BCUT2D eigenvalue weighted by Gasteiger charge is -2.59. The number of hydrogen-bond acceptors (Lipinski definition) is 4. The van der Waals surface area contributed by atoms with Crippen LogP contribution in [0.4, 0.5) is 4.39 Å². The van der Waals surface area contributed by atoms with Crippen LogP contribution in [0.2, 0.25) is 0 Å². The molecule has 0 aliphatic heterocycles. The molecule has 8 heteroatoms. The van der Waals surface area contributed by atoms with E-state index < -0.39 is 15.7 Å². The molecule has 1 aliphatic carbocycles. The average molecular weight is 414 g/mol. The number of aliphatic imine (C=N–C) groups is 1. The molecule has 2 unspecified atom stereocenters. The van der Waals surface area contributed by atoms with Gasteiger partial charge in [-0.25, -0.2) is 17.8 Å². The number of halogens is 1. The van der Waals surface area contributed by atoms with Gasteiger partial charge in [-0.2, -0.15) is 0 Å². The summed E-state index contributed by atoms with van der Waals surface area (Å²) in [4.78, 5) is 4.57. The first kappa shape index (κ1) is 22.6. The van der Waals surface area contributed by atoms with Crippen molar-refractivity contribution in [3.05, 3.63) is 35.1 Å².